The van der Waals surface area contributed by atoms with Crippen LogP contribution >= 0.6 is 0 Å². The Morgan fingerprint density at radius 3 is 2.36 bits per heavy atom. The lowest BCUT2D eigenvalue weighted by atomic mass is 9.98. The number of benzene rings is 2. The highest BCUT2D eigenvalue weighted by molar-refractivity contribution is 6.01. The van der Waals surface area contributed by atoms with E-state index in [4.69, 9.17) is 4.74 Å². The Morgan fingerprint density at radius 1 is 0.964 bits per heavy atom. The number of nitrogens with zero attached hydrogens (tertiary/aromatic N) is 2. The van der Waals surface area contributed by atoms with Gasteiger partial charge in [0.05, 0.1) is 13.7 Å². The first kappa shape index (κ1) is 18.2. The highest BCUT2D eigenvalue weighted by atomic mass is 16.5. The Balaban J connectivity index is 1.45. The smallest absolute Gasteiger partial charge is 0.254 e. The van der Waals surface area contributed by atoms with Gasteiger partial charge in [-0.3, -0.25) is 19.3 Å². The Kier molecular flexibility index (Phi) is 4.86. The molecule has 2 aliphatic rings. The molecule has 6 nitrogen and oxygen atoms in total. The van der Waals surface area contributed by atoms with E-state index in [0.29, 0.717) is 18.7 Å². The lowest BCUT2D eigenvalue weighted by molar-refractivity contribution is -0.139. The van der Waals surface area contributed by atoms with E-state index in [-0.39, 0.29) is 37.1 Å². The van der Waals surface area contributed by atoms with E-state index in [1.807, 2.05) is 29.2 Å². The van der Waals surface area contributed by atoms with Crippen LogP contribution in [0, 0.1) is 0 Å². The third kappa shape index (κ3) is 3.50. The molecule has 4 rings (SSSR count). The van der Waals surface area contributed by atoms with Crippen LogP contribution in [-0.2, 0) is 29.1 Å². The van der Waals surface area contributed by atoms with Crippen LogP contribution < -0.4 is 4.74 Å². The highest BCUT2D eigenvalue weighted by Gasteiger charge is 2.29. The van der Waals surface area contributed by atoms with Gasteiger partial charge in [-0.15, -0.1) is 0 Å². The van der Waals surface area contributed by atoms with Gasteiger partial charge in [-0.05, 0) is 47.4 Å². The van der Waals surface area contributed by atoms with Gasteiger partial charge in [0, 0.05) is 31.5 Å². The molecule has 6 heteroatoms. The van der Waals surface area contributed by atoms with Crippen molar-refractivity contribution in [2.75, 3.05) is 13.7 Å². The molecule has 0 aliphatic carbocycles. The number of hydrogen-bond donors (Lipinski definition) is 0. The topological polar surface area (TPSA) is 66.9 Å². The Bertz CT molecular complexity index is 920. The summed E-state index contributed by atoms with van der Waals surface area (Å²) in [5.74, 6) is 0.511. The third-order valence-electron chi connectivity index (χ3n) is 5.41. The molecular weight excluding hydrogens is 356 g/mol. The van der Waals surface area contributed by atoms with Gasteiger partial charge in [-0.1, -0.05) is 18.2 Å². The van der Waals surface area contributed by atoms with Crippen LogP contribution in [0.1, 0.15) is 39.9 Å². The first-order valence-electron chi connectivity index (χ1n) is 9.42. The van der Waals surface area contributed by atoms with Crippen molar-refractivity contribution in [2.24, 2.45) is 0 Å². The van der Waals surface area contributed by atoms with Gasteiger partial charge in [-0.25, -0.2) is 0 Å². The van der Waals surface area contributed by atoms with Crippen LogP contribution in [-0.4, -0.2) is 41.2 Å². The number of amides is 3. The summed E-state index contributed by atoms with van der Waals surface area (Å²) in [7, 11) is 1.64. The van der Waals surface area contributed by atoms with E-state index in [1.165, 1.54) is 10.5 Å². The lowest BCUT2D eigenvalue weighted by Gasteiger charge is -2.29. The number of fused-ring (bicyclic) bond motifs is 1. The minimum Gasteiger partial charge on any atom is -0.497 e. The standard InChI is InChI=1S/C22H22N2O4/c1-28-19-7-6-16-10-11-23(14-18(16)12-19)22(27)17-4-2-15(3-5-17)13-24-20(25)8-9-21(24)26/h2-7,12H,8-11,13-14H2,1H3. The summed E-state index contributed by atoms with van der Waals surface area (Å²) in [5, 5.41) is 0. The highest BCUT2D eigenvalue weighted by Crippen LogP contribution is 2.25. The quantitative estimate of drug-likeness (QED) is 0.767. The first-order valence-corrected chi connectivity index (χ1v) is 9.42. The molecule has 0 atom stereocenters. The molecule has 0 unspecified atom stereocenters. The summed E-state index contributed by atoms with van der Waals surface area (Å²) in [6, 6.07) is 13.2. The minimum absolute atomic E-state index is 0.0201. The van der Waals surface area contributed by atoms with Crippen LogP contribution in [0.4, 0.5) is 0 Å². The van der Waals surface area contributed by atoms with Gasteiger partial charge in [0.15, 0.2) is 0 Å². The molecule has 1 fully saturated rings. The summed E-state index contributed by atoms with van der Waals surface area (Å²) in [6.45, 7) is 1.50. The minimum atomic E-state index is -0.132. The number of rotatable bonds is 4. The molecule has 0 N–H and O–H groups in total. The van der Waals surface area contributed by atoms with E-state index in [2.05, 4.69) is 6.07 Å². The molecule has 0 radical (unpaired) electrons. The van der Waals surface area contributed by atoms with Gasteiger partial charge >= 0.3 is 0 Å². The van der Waals surface area contributed by atoms with Gasteiger partial charge in [0.1, 0.15) is 5.75 Å². The summed E-state index contributed by atoms with van der Waals surface area (Å²) in [4.78, 5) is 39.5. The maximum Gasteiger partial charge on any atom is 0.254 e. The van der Waals surface area contributed by atoms with E-state index in [0.717, 1.165) is 23.3 Å². The fourth-order valence-electron chi connectivity index (χ4n) is 3.75. The average molecular weight is 378 g/mol. The van der Waals surface area contributed by atoms with Crippen LogP contribution in [0.15, 0.2) is 42.5 Å². The monoisotopic (exact) mass is 378 g/mol. The number of carbonyl (C=O) groups is 3. The second-order valence-corrected chi connectivity index (χ2v) is 7.18. The summed E-state index contributed by atoms with van der Waals surface area (Å²) in [6.07, 6.45) is 1.40. The van der Waals surface area contributed by atoms with Crippen LogP contribution in [0.5, 0.6) is 5.75 Å². The van der Waals surface area contributed by atoms with Crippen LogP contribution in [0.3, 0.4) is 0 Å². The van der Waals surface area contributed by atoms with Crippen molar-refractivity contribution in [2.45, 2.75) is 32.4 Å². The van der Waals surface area contributed by atoms with Crippen molar-refractivity contribution in [3.05, 3.63) is 64.7 Å². The number of imide groups is 1. The third-order valence-corrected chi connectivity index (χ3v) is 5.41. The fraction of sp³-hybridized carbons (Fsp3) is 0.318. The number of hydrogen-bond acceptors (Lipinski definition) is 4. The van der Waals surface area contributed by atoms with Gasteiger partial charge < -0.3 is 9.64 Å². The second kappa shape index (κ2) is 7.46. The van der Waals surface area contributed by atoms with Crippen molar-refractivity contribution >= 4 is 17.7 Å². The number of ether oxygens (including phenoxy) is 1. The van der Waals surface area contributed by atoms with Crippen molar-refractivity contribution in [3.8, 4) is 5.75 Å². The zero-order chi connectivity index (χ0) is 19.7. The molecule has 0 saturated carbocycles. The summed E-state index contributed by atoms with van der Waals surface area (Å²) < 4.78 is 5.29. The Hall–Kier alpha value is -3.15. The lowest BCUT2D eigenvalue weighted by Crippen LogP contribution is -2.36. The summed E-state index contributed by atoms with van der Waals surface area (Å²) in [5.41, 5.74) is 3.81. The molecule has 144 valence electrons. The maximum atomic E-state index is 12.9. The van der Waals surface area contributed by atoms with Crippen molar-refractivity contribution in [1.29, 1.82) is 0 Å². The molecule has 1 saturated heterocycles. The molecule has 3 amide bonds. The van der Waals surface area contributed by atoms with Crippen molar-refractivity contribution in [1.82, 2.24) is 9.80 Å². The number of likely N-dealkylation sites (tertiary alicyclic amines) is 1. The van der Waals surface area contributed by atoms with E-state index in [1.54, 1.807) is 19.2 Å². The predicted octanol–water partition coefficient (Wildman–Crippen LogP) is 2.54. The first-order chi connectivity index (χ1) is 13.5. The molecule has 2 heterocycles. The molecule has 0 aromatic heterocycles. The molecule has 0 spiro atoms. The molecule has 2 aromatic carbocycles. The van der Waals surface area contributed by atoms with E-state index < -0.39 is 0 Å². The second-order valence-electron chi connectivity index (χ2n) is 7.18. The van der Waals surface area contributed by atoms with Gasteiger partial charge in [-0.2, -0.15) is 0 Å². The van der Waals surface area contributed by atoms with Gasteiger partial charge in [0.25, 0.3) is 5.91 Å². The van der Waals surface area contributed by atoms with Crippen LogP contribution in [0.2, 0.25) is 0 Å². The Labute approximate surface area is 163 Å². The SMILES string of the molecule is COc1ccc2c(c1)CN(C(=O)c1ccc(CN3C(=O)CCC3=O)cc1)CC2. The average Bonchev–Trinajstić information content (AvgIpc) is 3.05. The maximum absolute atomic E-state index is 12.9. The molecule has 2 aromatic rings. The van der Waals surface area contributed by atoms with Gasteiger partial charge in [0.2, 0.25) is 11.8 Å². The zero-order valence-corrected chi connectivity index (χ0v) is 15.8. The molecular formula is C22H22N2O4. The molecule has 28 heavy (non-hydrogen) atoms. The number of methoxy groups -OCH3 is 1. The van der Waals surface area contributed by atoms with Crippen molar-refractivity contribution < 1.29 is 19.1 Å². The molecule has 2 aliphatic heterocycles. The van der Waals surface area contributed by atoms with Crippen LogP contribution in [0.25, 0.3) is 0 Å². The summed E-state index contributed by atoms with van der Waals surface area (Å²) >= 11 is 0. The zero-order valence-electron chi connectivity index (χ0n) is 15.8. The normalized spacial score (nSPS) is 16.3. The Morgan fingerprint density at radius 2 is 1.68 bits per heavy atom. The number of carbonyl (C=O) groups excluding carboxylic acids is 3. The molecule has 0 bridgehead atoms. The van der Waals surface area contributed by atoms with E-state index >= 15 is 0 Å². The fourth-order valence-corrected chi connectivity index (χ4v) is 3.75. The van der Waals surface area contributed by atoms with Crippen molar-refractivity contribution in [3.63, 3.8) is 0 Å². The largest absolute Gasteiger partial charge is 0.497 e. The predicted molar refractivity (Wildman–Crippen MR) is 103 cm³/mol. The van der Waals surface area contributed by atoms with E-state index in [9.17, 15) is 14.4 Å².